The van der Waals surface area contributed by atoms with Crippen molar-refractivity contribution in [2.75, 3.05) is 29.6 Å². The van der Waals surface area contributed by atoms with E-state index in [0.717, 1.165) is 46.6 Å². The molecule has 3 rings (SSSR count). The third kappa shape index (κ3) is 5.01. The minimum Gasteiger partial charge on any atom is -0.370 e. The van der Waals surface area contributed by atoms with E-state index < -0.39 is 0 Å². The lowest BCUT2D eigenvalue weighted by Crippen LogP contribution is -2.30. The van der Waals surface area contributed by atoms with Crippen molar-refractivity contribution in [1.29, 1.82) is 0 Å². The summed E-state index contributed by atoms with van der Waals surface area (Å²) in [6, 6.07) is 8.11. The van der Waals surface area contributed by atoms with Crippen molar-refractivity contribution in [3.8, 4) is 0 Å². The number of rotatable bonds is 6. The summed E-state index contributed by atoms with van der Waals surface area (Å²) >= 11 is 1.54. The van der Waals surface area contributed by atoms with Gasteiger partial charge in [-0.1, -0.05) is 23.9 Å². The van der Waals surface area contributed by atoms with Crippen molar-refractivity contribution >= 4 is 29.0 Å². The second-order valence-corrected chi connectivity index (χ2v) is 7.75. The molecule has 0 atom stereocenters. The number of anilines is 2. The number of aromatic nitrogens is 2. The average Bonchev–Trinajstić information content (AvgIpc) is 2.68. The van der Waals surface area contributed by atoms with Gasteiger partial charge in [0.05, 0.1) is 11.4 Å². The van der Waals surface area contributed by atoms with Crippen LogP contribution in [0.4, 0.5) is 11.4 Å². The SMILES string of the molecule is CSc1nc(C)c(CCC(=O)Nc2ccccc2N2CCCCC2)c(C)n1. The summed E-state index contributed by atoms with van der Waals surface area (Å²) in [5.74, 6) is 0.0344. The maximum absolute atomic E-state index is 12.6. The standard InChI is InChI=1S/C21H28N4OS/c1-15-17(16(2)23-21(22-15)27-3)11-12-20(26)24-18-9-5-6-10-19(18)25-13-7-4-8-14-25/h5-6,9-10H,4,7-8,11-14H2,1-3H3,(H,24,26). The van der Waals surface area contributed by atoms with Gasteiger partial charge in [-0.15, -0.1) is 0 Å². The number of aryl methyl sites for hydroxylation is 2. The van der Waals surface area contributed by atoms with Gasteiger partial charge in [0.2, 0.25) is 5.91 Å². The Bertz CT molecular complexity index is 780. The molecule has 0 saturated carbocycles. The lowest BCUT2D eigenvalue weighted by atomic mass is 10.1. The van der Waals surface area contributed by atoms with Gasteiger partial charge in [0, 0.05) is 30.9 Å². The van der Waals surface area contributed by atoms with E-state index in [2.05, 4.69) is 26.3 Å². The van der Waals surface area contributed by atoms with E-state index in [-0.39, 0.29) is 5.91 Å². The minimum absolute atomic E-state index is 0.0344. The molecule has 1 aliphatic rings. The smallest absolute Gasteiger partial charge is 0.224 e. The van der Waals surface area contributed by atoms with Crippen LogP contribution in [0.25, 0.3) is 0 Å². The maximum Gasteiger partial charge on any atom is 0.224 e. The normalized spacial score (nSPS) is 14.3. The number of benzene rings is 1. The van der Waals surface area contributed by atoms with E-state index in [1.54, 1.807) is 11.8 Å². The summed E-state index contributed by atoms with van der Waals surface area (Å²) in [5, 5.41) is 3.90. The van der Waals surface area contributed by atoms with Crippen LogP contribution in [0.15, 0.2) is 29.4 Å². The Kier molecular flexibility index (Phi) is 6.72. The molecule has 1 aromatic carbocycles. The molecule has 0 unspecified atom stereocenters. The van der Waals surface area contributed by atoms with E-state index >= 15 is 0 Å². The van der Waals surface area contributed by atoms with Crippen LogP contribution in [0.2, 0.25) is 0 Å². The van der Waals surface area contributed by atoms with Crippen LogP contribution in [0, 0.1) is 13.8 Å². The van der Waals surface area contributed by atoms with Gasteiger partial charge in [0.25, 0.3) is 0 Å². The lowest BCUT2D eigenvalue weighted by Gasteiger charge is -2.30. The highest BCUT2D eigenvalue weighted by atomic mass is 32.2. The van der Waals surface area contributed by atoms with Crippen LogP contribution < -0.4 is 10.2 Å². The van der Waals surface area contributed by atoms with Crippen LogP contribution in [-0.4, -0.2) is 35.2 Å². The molecule has 5 nitrogen and oxygen atoms in total. The van der Waals surface area contributed by atoms with E-state index in [0.29, 0.717) is 12.8 Å². The molecule has 1 aromatic heterocycles. The zero-order valence-corrected chi connectivity index (χ0v) is 17.2. The zero-order valence-electron chi connectivity index (χ0n) is 16.4. The number of amides is 1. The highest BCUT2D eigenvalue weighted by Gasteiger charge is 2.16. The largest absolute Gasteiger partial charge is 0.370 e. The first kappa shape index (κ1) is 19.7. The summed E-state index contributed by atoms with van der Waals surface area (Å²) in [6.07, 6.45) is 6.78. The molecule has 1 fully saturated rings. The number of hydrogen-bond acceptors (Lipinski definition) is 5. The monoisotopic (exact) mass is 384 g/mol. The fourth-order valence-electron chi connectivity index (χ4n) is 3.60. The summed E-state index contributed by atoms with van der Waals surface area (Å²) in [7, 11) is 0. The Morgan fingerprint density at radius 3 is 2.44 bits per heavy atom. The van der Waals surface area contributed by atoms with Crippen LogP contribution in [-0.2, 0) is 11.2 Å². The molecule has 0 aliphatic carbocycles. The number of hydrogen-bond donors (Lipinski definition) is 1. The molecule has 1 N–H and O–H groups in total. The average molecular weight is 385 g/mol. The molecule has 1 saturated heterocycles. The molecule has 27 heavy (non-hydrogen) atoms. The summed E-state index contributed by atoms with van der Waals surface area (Å²) in [4.78, 5) is 24.0. The van der Waals surface area contributed by atoms with Crippen LogP contribution in [0.5, 0.6) is 0 Å². The third-order valence-electron chi connectivity index (χ3n) is 5.06. The topological polar surface area (TPSA) is 58.1 Å². The molecule has 1 aliphatic heterocycles. The Hall–Kier alpha value is -2.08. The Morgan fingerprint density at radius 1 is 1.11 bits per heavy atom. The quantitative estimate of drug-likeness (QED) is 0.592. The number of piperidine rings is 1. The van der Waals surface area contributed by atoms with Gasteiger partial charge in [-0.25, -0.2) is 9.97 Å². The van der Waals surface area contributed by atoms with Crippen molar-refractivity contribution in [2.24, 2.45) is 0 Å². The number of carbonyl (C=O) groups excluding carboxylic acids is 1. The second-order valence-electron chi connectivity index (χ2n) is 6.97. The van der Waals surface area contributed by atoms with Crippen LogP contribution in [0.3, 0.4) is 0 Å². The molecule has 144 valence electrons. The number of nitrogens with zero attached hydrogens (tertiary/aromatic N) is 3. The summed E-state index contributed by atoms with van der Waals surface area (Å²) in [5.41, 5.74) is 5.05. The van der Waals surface area contributed by atoms with Gasteiger partial charge >= 0.3 is 0 Å². The first-order chi connectivity index (χ1) is 13.1. The molecular weight excluding hydrogens is 356 g/mol. The summed E-state index contributed by atoms with van der Waals surface area (Å²) < 4.78 is 0. The molecule has 6 heteroatoms. The van der Waals surface area contributed by atoms with Gasteiger partial charge in [0.1, 0.15) is 0 Å². The molecule has 1 amide bonds. The molecule has 2 heterocycles. The number of para-hydroxylation sites is 2. The van der Waals surface area contributed by atoms with Crippen molar-refractivity contribution in [1.82, 2.24) is 9.97 Å². The fourth-order valence-corrected chi connectivity index (χ4v) is 4.06. The number of carbonyl (C=O) groups is 1. The highest BCUT2D eigenvalue weighted by Crippen LogP contribution is 2.28. The first-order valence-electron chi connectivity index (χ1n) is 9.60. The maximum atomic E-state index is 12.6. The van der Waals surface area contributed by atoms with Crippen molar-refractivity contribution in [3.05, 3.63) is 41.2 Å². The number of thioether (sulfide) groups is 1. The minimum atomic E-state index is 0.0344. The first-order valence-corrected chi connectivity index (χ1v) is 10.8. The van der Waals surface area contributed by atoms with E-state index in [1.807, 2.05) is 38.3 Å². The third-order valence-corrected chi connectivity index (χ3v) is 5.61. The van der Waals surface area contributed by atoms with Crippen LogP contribution in [0.1, 0.15) is 42.6 Å². The molecular formula is C21H28N4OS. The second kappa shape index (κ2) is 9.22. The molecule has 2 aromatic rings. The van der Waals surface area contributed by atoms with E-state index in [4.69, 9.17) is 0 Å². The van der Waals surface area contributed by atoms with Gasteiger partial charge in [-0.2, -0.15) is 0 Å². The predicted octanol–water partition coefficient (Wildman–Crippen LogP) is 4.38. The highest BCUT2D eigenvalue weighted by molar-refractivity contribution is 7.98. The molecule has 0 spiro atoms. The molecule has 0 radical (unpaired) electrons. The van der Waals surface area contributed by atoms with Gasteiger partial charge < -0.3 is 10.2 Å². The van der Waals surface area contributed by atoms with Gasteiger partial charge in [-0.05, 0) is 63.5 Å². The predicted molar refractivity (Wildman–Crippen MR) is 113 cm³/mol. The van der Waals surface area contributed by atoms with Crippen LogP contribution >= 0.6 is 11.8 Å². The van der Waals surface area contributed by atoms with Crippen molar-refractivity contribution in [3.63, 3.8) is 0 Å². The Balaban J connectivity index is 1.65. The van der Waals surface area contributed by atoms with E-state index in [1.165, 1.54) is 19.3 Å². The van der Waals surface area contributed by atoms with Gasteiger partial charge in [-0.3, -0.25) is 4.79 Å². The number of nitrogens with one attached hydrogen (secondary N) is 1. The van der Waals surface area contributed by atoms with Crippen molar-refractivity contribution in [2.45, 2.75) is 51.1 Å². The molecule has 0 bridgehead atoms. The Morgan fingerprint density at radius 2 is 1.78 bits per heavy atom. The van der Waals surface area contributed by atoms with E-state index in [9.17, 15) is 4.79 Å². The Labute approximate surface area is 166 Å². The fraction of sp³-hybridized carbons (Fsp3) is 0.476. The summed E-state index contributed by atoms with van der Waals surface area (Å²) in [6.45, 7) is 6.11. The van der Waals surface area contributed by atoms with Crippen molar-refractivity contribution < 1.29 is 4.79 Å². The van der Waals surface area contributed by atoms with Gasteiger partial charge in [0.15, 0.2) is 5.16 Å². The lowest BCUT2D eigenvalue weighted by molar-refractivity contribution is -0.116. The zero-order chi connectivity index (χ0) is 19.2.